The summed E-state index contributed by atoms with van der Waals surface area (Å²) in [7, 11) is 1.97. The highest BCUT2D eigenvalue weighted by Gasteiger charge is 2.37. The molecule has 1 aromatic carbocycles. The summed E-state index contributed by atoms with van der Waals surface area (Å²) in [4.78, 5) is 16.3. The van der Waals surface area contributed by atoms with Crippen LogP contribution in [0.5, 0.6) is 0 Å². The lowest BCUT2D eigenvalue weighted by atomic mass is 9.97. The molecular formula is C23H26N6O. The maximum Gasteiger partial charge on any atom is 0.159 e. The first kappa shape index (κ1) is 20.0. The molecule has 0 spiro atoms. The number of anilines is 1. The molecule has 1 aliphatic heterocycles. The lowest BCUT2D eigenvalue weighted by molar-refractivity contribution is 0.0305. The van der Waals surface area contributed by atoms with Crippen molar-refractivity contribution in [1.82, 2.24) is 14.5 Å². The van der Waals surface area contributed by atoms with Crippen molar-refractivity contribution in [3.63, 3.8) is 0 Å². The molecule has 7 heteroatoms. The lowest BCUT2D eigenvalue weighted by Gasteiger charge is -2.44. The van der Waals surface area contributed by atoms with Crippen LogP contribution in [0, 0.1) is 25.2 Å². The first-order valence-corrected chi connectivity index (χ1v) is 10.0. The predicted octanol–water partition coefficient (Wildman–Crippen LogP) is 2.69. The number of nitriles is 1. The zero-order valence-electron chi connectivity index (χ0n) is 18.0. The summed E-state index contributed by atoms with van der Waals surface area (Å²) in [5.41, 5.74) is 3.57. The summed E-state index contributed by atoms with van der Waals surface area (Å²) in [6, 6.07) is 9.83. The van der Waals surface area contributed by atoms with E-state index in [2.05, 4.69) is 11.1 Å². The maximum absolute atomic E-state index is 10.1. The molecule has 30 heavy (non-hydrogen) atoms. The fourth-order valence-electron chi connectivity index (χ4n) is 4.04. The highest BCUT2D eigenvalue weighted by Crippen LogP contribution is 2.27. The molecule has 1 fully saturated rings. The maximum atomic E-state index is 10.1. The number of nitrogens with zero attached hydrogens (tertiary/aromatic N) is 6. The zero-order chi connectivity index (χ0) is 21.6. The molecule has 154 valence electrons. The van der Waals surface area contributed by atoms with Gasteiger partial charge in [-0.1, -0.05) is 12.1 Å². The third kappa shape index (κ3) is 3.44. The fourth-order valence-corrected chi connectivity index (χ4v) is 4.04. The van der Waals surface area contributed by atoms with E-state index >= 15 is 0 Å². The van der Waals surface area contributed by atoms with Crippen LogP contribution < -0.4 is 10.4 Å². The van der Waals surface area contributed by atoms with Gasteiger partial charge in [-0.05, 0) is 51.0 Å². The van der Waals surface area contributed by atoms with Crippen LogP contribution in [-0.2, 0) is 7.05 Å². The van der Waals surface area contributed by atoms with Gasteiger partial charge in [0.2, 0.25) is 0 Å². The van der Waals surface area contributed by atoms with E-state index in [0.717, 1.165) is 33.7 Å². The van der Waals surface area contributed by atoms with Crippen molar-refractivity contribution in [1.29, 1.82) is 5.26 Å². The van der Waals surface area contributed by atoms with Crippen molar-refractivity contribution in [2.24, 2.45) is 12.0 Å². The number of β-amino-alcohol motifs (C(OH)–C–C–N with tert-alkyl or cyclic N) is 1. The minimum Gasteiger partial charge on any atom is -0.386 e. The molecule has 1 saturated heterocycles. The number of hydrogen-bond acceptors (Lipinski definition) is 6. The number of benzene rings is 1. The molecule has 7 nitrogen and oxygen atoms in total. The number of fused-ring (bicyclic) bond motifs is 1. The number of aromatic nitrogens is 3. The summed E-state index contributed by atoms with van der Waals surface area (Å²) in [6.45, 7) is 8.87. The Morgan fingerprint density at radius 2 is 2.03 bits per heavy atom. The van der Waals surface area contributed by atoms with Gasteiger partial charge in [-0.15, -0.1) is 0 Å². The Labute approximate surface area is 176 Å². The molecule has 1 aliphatic rings. The molecule has 0 amide bonds. The molecule has 0 radical (unpaired) electrons. The standard InChI is InChI=1S/C23H26N6O/c1-14-17(10-24)7-6-8-18(14)15(2)26-22-19-9-21(29-12-23(4,30)13-29)25-11-20(19)28(5)16(3)27-22/h6-9,11,15,30H,12-13H2,1-5H3/b26-22-/t15-/m1/s1. The largest absolute Gasteiger partial charge is 0.386 e. The minimum absolute atomic E-state index is 0.150. The second-order valence-corrected chi connectivity index (χ2v) is 8.39. The van der Waals surface area contributed by atoms with Gasteiger partial charge in [-0.3, -0.25) is 4.99 Å². The van der Waals surface area contributed by atoms with Gasteiger partial charge >= 0.3 is 0 Å². The predicted molar refractivity (Wildman–Crippen MR) is 116 cm³/mol. The van der Waals surface area contributed by atoms with E-state index < -0.39 is 5.60 Å². The molecule has 2 aromatic heterocycles. The van der Waals surface area contributed by atoms with Gasteiger partial charge in [0.05, 0.1) is 35.0 Å². The number of aryl methyl sites for hydroxylation is 2. The number of pyridine rings is 1. The van der Waals surface area contributed by atoms with Gasteiger partial charge in [0.25, 0.3) is 0 Å². The number of rotatable bonds is 3. The molecule has 1 atom stereocenters. The third-order valence-corrected chi connectivity index (χ3v) is 5.87. The van der Waals surface area contributed by atoms with Crippen LogP contribution in [0.1, 0.15) is 42.4 Å². The van der Waals surface area contributed by atoms with E-state index in [4.69, 9.17) is 9.98 Å². The van der Waals surface area contributed by atoms with E-state index in [1.807, 2.05) is 74.7 Å². The third-order valence-electron chi connectivity index (χ3n) is 5.87. The van der Waals surface area contributed by atoms with E-state index in [1.54, 1.807) is 0 Å². The Morgan fingerprint density at radius 1 is 1.30 bits per heavy atom. The summed E-state index contributed by atoms with van der Waals surface area (Å²) in [5, 5.41) is 20.3. The van der Waals surface area contributed by atoms with Crippen LogP contribution in [0.4, 0.5) is 5.82 Å². The molecule has 3 heterocycles. The van der Waals surface area contributed by atoms with Crippen molar-refractivity contribution < 1.29 is 5.11 Å². The average Bonchev–Trinajstić information content (AvgIpc) is 2.69. The molecule has 1 N–H and O–H groups in total. The summed E-state index contributed by atoms with van der Waals surface area (Å²) in [6.07, 6.45) is 1.84. The Balaban J connectivity index is 1.85. The van der Waals surface area contributed by atoms with Crippen molar-refractivity contribution >= 4 is 16.7 Å². The first-order valence-electron chi connectivity index (χ1n) is 10.0. The van der Waals surface area contributed by atoms with Crippen LogP contribution >= 0.6 is 0 Å². The van der Waals surface area contributed by atoms with Crippen molar-refractivity contribution in [3.05, 3.63) is 58.5 Å². The van der Waals surface area contributed by atoms with Gasteiger partial charge in [0.1, 0.15) is 11.6 Å². The molecular weight excluding hydrogens is 376 g/mol. The van der Waals surface area contributed by atoms with Crippen LogP contribution in [0.3, 0.4) is 0 Å². The van der Waals surface area contributed by atoms with Crippen LogP contribution in [-0.4, -0.2) is 38.3 Å². The normalized spacial score (nSPS) is 17.0. The van der Waals surface area contributed by atoms with Gasteiger partial charge < -0.3 is 14.6 Å². The second kappa shape index (κ2) is 7.22. The smallest absolute Gasteiger partial charge is 0.159 e. The Morgan fingerprint density at radius 3 is 2.70 bits per heavy atom. The SMILES string of the molecule is Cc1c(C#N)cccc1[C@@H](C)/N=c1\nc(C)n(C)c2cnc(N3CC(C)(O)C3)cc12. The fraction of sp³-hybridized carbons (Fsp3) is 0.391. The highest BCUT2D eigenvalue weighted by molar-refractivity contribution is 5.80. The van der Waals surface area contributed by atoms with Crippen LogP contribution in [0.25, 0.3) is 10.9 Å². The minimum atomic E-state index is -0.669. The highest BCUT2D eigenvalue weighted by atomic mass is 16.3. The lowest BCUT2D eigenvalue weighted by Crippen LogP contribution is -2.60. The Bertz CT molecular complexity index is 1240. The summed E-state index contributed by atoms with van der Waals surface area (Å²) in [5.74, 6) is 1.66. The summed E-state index contributed by atoms with van der Waals surface area (Å²) >= 11 is 0. The quantitative estimate of drug-likeness (QED) is 0.727. The molecule has 0 saturated carbocycles. The Kier molecular flexibility index (Phi) is 4.83. The van der Waals surface area contributed by atoms with Gasteiger partial charge in [-0.2, -0.15) is 5.26 Å². The molecule has 0 aliphatic carbocycles. The topological polar surface area (TPSA) is 90.3 Å². The second-order valence-electron chi connectivity index (χ2n) is 8.39. The molecule has 0 unspecified atom stereocenters. The van der Waals surface area contributed by atoms with Crippen molar-refractivity contribution in [3.8, 4) is 6.07 Å². The van der Waals surface area contributed by atoms with Crippen LogP contribution in [0.15, 0.2) is 35.5 Å². The van der Waals surface area contributed by atoms with Gasteiger partial charge in [0.15, 0.2) is 5.49 Å². The van der Waals surface area contributed by atoms with Crippen molar-refractivity contribution in [2.75, 3.05) is 18.0 Å². The van der Waals surface area contributed by atoms with Gasteiger partial charge in [-0.25, -0.2) is 9.97 Å². The molecule has 0 bridgehead atoms. The van der Waals surface area contributed by atoms with E-state index in [9.17, 15) is 10.4 Å². The first-order chi connectivity index (χ1) is 14.2. The zero-order valence-corrected chi connectivity index (χ0v) is 18.0. The van der Waals surface area contributed by atoms with Crippen molar-refractivity contribution in [2.45, 2.75) is 39.3 Å². The monoisotopic (exact) mass is 402 g/mol. The summed E-state index contributed by atoms with van der Waals surface area (Å²) < 4.78 is 2.00. The molecule has 3 aromatic rings. The average molecular weight is 403 g/mol. The van der Waals surface area contributed by atoms with E-state index in [0.29, 0.717) is 24.1 Å². The number of hydrogen-bond donors (Lipinski definition) is 1. The van der Waals surface area contributed by atoms with E-state index in [1.165, 1.54) is 0 Å². The number of aliphatic hydroxyl groups is 1. The molecule has 4 rings (SSSR count). The van der Waals surface area contributed by atoms with E-state index in [-0.39, 0.29) is 6.04 Å². The van der Waals surface area contributed by atoms with Gasteiger partial charge in [0, 0.05) is 25.5 Å². The Hall–Kier alpha value is -3.24. The van der Waals surface area contributed by atoms with Crippen LogP contribution in [0.2, 0.25) is 0 Å².